The minimum absolute atomic E-state index is 0.0996. The van der Waals surface area contributed by atoms with Crippen molar-refractivity contribution in [2.24, 2.45) is 0 Å². The predicted molar refractivity (Wildman–Crippen MR) is 84.7 cm³/mol. The standard InChI is InChI=1S/C18H18N2O3/c1-2-5-14(6-3-1)17-9-15(20-23-17)10-18(12-21-13-18)19-11-16-7-4-8-22-16/h1-9,19H,10-13H2. The molecule has 1 aliphatic rings. The summed E-state index contributed by atoms with van der Waals surface area (Å²) in [5.41, 5.74) is 1.87. The lowest BCUT2D eigenvalue weighted by molar-refractivity contribution is -0.0761. The second-order valence-corrected chi connectivity index (χ2v) is 5.93. The first kappa shape index (κ1) is 14.2. The highest BCUT2D eigenvalue weighted by atomic mass is 16.5. The number of nitrogens with one attached hydrogen (secondary N) is 1. The summed E-state index contributed by atoms with van der Waals surface area (Å²) in [6.07, 6.45) is 2.45. The molecule has 5 nitrogen and oxygen atoms in total. The maximum atomic E-state index is 5.48. The van der Waals surface area contributed by atoms with Crippen molar-refractivity contribution in [1.82, 2.24) is 10.5 Å². The molecular weight excluding hydrogens is 292 g/mol. The summed E-state index contributed by atoms with van der Waals surface area (Å²) < 4.78 is 16.3. The van der Waals surface area contributed by atoms with Gasteiger partial charge >= 0.3 is 0 Å². The van der Waals surface area contributed by atoms with Gasteiger partial charge < -0.3 is 13.7 Å². The summed E-state index contributed by atoms with van der Waals surface area (Å²) in [5, 5.41) is 7.74. The molecule has 1 aromatic carbocycles. The van der Waals surface area contributed by atoms with Gasteiger partial charge in [0.15, 0.2) is 5.76 Å². The van der Waals surface area contributed by atoms with Crippen LogP contribution in [0.5, 0.6) is 0 Å². The summed E-state index contributed by atoms with van der Waals surface area (Å²) in [7, 11) is 0. The Morgan fingerprint density at radius 1 is 1.09 bits per heavy atom. The van der Waals surface area contributed by atoms with Gasteiger partial charge in [0.25, 0.3) is 0 Å². The Balaban J connectivity index is 1.45. The molecule has 1 N–H and O–H groups in total. The zero-order valence-corrected chi connectivity index (χ0v) is 12.7. The molecule has 1 aliphatic heterocycles. The average Bonchev–Trinajstić information content (AvgIpc) is 3.22. The largest absolute Gasteiger partial charge is 0.468 e. The van der Waals surface area contributed by atoms with Crippen molar-refractivity contribution in [3.63, 3.8) is 0 Å². The highest BCUT2D eigenvalue weighted by Crippen LogP contribution is 2.26. The molecule has 0 radical (unpaired) electrons. The van der Waals surface area contributed by atoms with E-state index in [0.29, 0.717) is 19.8 Å². The lowest BCUT2D eigenvalue weighted by Gasteiger charge is -2.41. The molecule has 4 rings (SSSR count). The number of hydrogen-bond acceptors (Lipinski definition) is 5. The Morgan fingerprint density at radius 2 is 1.96 bits per heavy atom. The van der Waals surface area contributed by atoms with E-state index < -0.39 is 0 Å². The van der Waals surface area contributed by atoms with E-state index >= 15 is 0 Å². The van der Waals surface area contributed by atoms with Gasteiger partial charge in [0, 0.05) is 18.1 Å². The van der Waals surface area contributed by atoms with Gasteiger partial charge in [-0.2, -0.15) is 0 Å². The van der Waals surface area contributed by atoms with E-state index in [4.69, 9.17) is 13.7 Å². The predicted octanol–water partition coefficient (Wildman–Crippen LogP) is 3.04. The highest BCUT2D eigenvalue weighted by molar-refractivity contribution is 5.56. The monoisotopic (exact) mass is 310 g/mol. The van der Waals surface area contributed by atoms with Gasteiger partial charge in [-0.3, -0.25) is 5.32 Å². The van der Waals surface area contributed by atoms with Gasteiger partial charge in [-0.15, -0.1) is 0 Å². The molecule has 5 heteroatoms. The van der Waals surface area contributed by atoms with Crippen molar-refractivity contribution in [3.05, 3.63) is 66.2 Å². The van der Waals surface area contributed by atoms with Crippen molar-refractivity contribution < 1.29 is 13.7 Å². The van der Waals surface area contributed by atoms with Crippen molar-refractivity contribution in [1.29, 1.82) is 0 Å². The van der Waals surface area contributed by atoms with E-state index in [0.717, 1.165) is 29.2 Å². The zero-order valence-electron chi connectivity index (χ0n) is 12.7. The third kappa shape index (κ3) is 3.06. The topological polar surface area (TPSA) is 60.4 Å². The molecule has 0 aliphatic carbocycles. The van der Waals surface area contributed by atoms with Gasteiger partial charge in [0.2, 0.25) is 0 Å². The van der Waals surface area contributed by atoms with Crippen LogP contribution in [-0.2, 0) is 17.7 Å². The third-order valence-corrected chi connectivity index (χ3v) is 4.11. The number of rotatable bonds is 6. The fourth-order valence-corrected chi connectivity index (χ4v) is 2.78. The number of nitrogens with zero attached hydrogens (tertiary/aromatic N) is 1. The Labute approximate surface area is 134 Å². The molecule has 0 amide bonds. The van der Waals surface area contributed by atoms with Gasteiger partial charge in [0.1, 0.15) is 5.76 Å². The van der Waals surface area contributed by atoms with Crippen LogP contribution in [0, 0.1) is 0 Å². The summed E-state index contributed by atoms with van der Waals surface area (Å²) in [6, 6.07) is 15.9. The zero-order chi connectivity index (χ0) is 15.5. The van der Waals surface area contributed by atoms with E-state index in [1.807, 2.05) is 48.5 Å². The Bertz CT molecular complexity index is 746. The molecule has 3 aromatic rings. The molecule has 0 atom stereocenters. The quantitative estimate of drug-likeness (QED) is 0.758. The van der Waals surface area contributed by atoms with Crippen LogP contribution in [0.15, 0.2) is 63.7 Å². The fourth-order valence-electron chi connectivity index (χ4n) is 2.78. The molecule has 2 aromatic heterocycles. The molecule has 3 heterocycles. The van der Waals surface area contributed by atoms with Crippen LogP contribution < -0.4 is 5.32 Å². The van der Waals surface area contributed by atoms with Crippen molar-refractivity contribution in [3.8, 4) is 11.3 Å². The van der Waals surface area contributed by atoms with Crippen LogP contribution in [-0.4, -0.2) is 23.9 Å². The second kappa shape index (κ2) is 6.02. The van der Waals surface area contributed by atoms with Gasteiger partial charge in [-0.05, 0) is 12.1 Å². The SMILES string of the molecule is c1ccc(-c2cc(CC3(NCc4ccco4)COC3)no2)cc1. The number of aromatic nitrogens is 1. The number of furan rings is 1. The first-order valence-corrected chi connectivity index (χ1v) is 7.69. The van der Waals surface area contributed by atoms with E-state index in [9.17, 15) is 0 Å². The van der Waals surface area contributed by atoms with Crippen LogP contribution in [0.25, 0.3) is 11.3 Å². The molecule has 23 heavy (non-hydrogen) atoms. The average molecular weight is 310 g/mol. The van der Waals surface area contributed by atoms with Gasteiger partial charge in [-0.25, -0.2) is 0 Å². The van der Waals surface area contributed by atoms with E-state index in [2.05, 4.69) is 10.5 Å². The Morgan fingerprint density at radius 3 is 2.65 bits per heavy atom. The molecule has 0 bridgehead atoms. The molecule has 118 valence electrons. The van der Waals surface area contributed by atoms with Crippen LogP contribution in [0.1, 0.15) is 11.5 Å². The smallest absolute Gasteiger partial charge is 0.167 e. The molecule has 0 saturated carbocycles. The normalized spacial score (nSPS) is 16.2. The van der Waals surface area contributed by atoms with Crippen LogP contribution in [0.2, 0.25) is 0 Å². The van der Waals surface area contributed by atoms with E-state index in [1.165, 1.54) is 0 Å². The summed E-state index contributed by atoms with van der Waals surface area (Å²) in [6.45, 7) is 2.02. The van der Waals surface area contributed by atoms with Gasteiger partial charge in [0.05, 0.1) is 37.3 Å². The minimum Gasteiger partial charge on any atom is -0.468 e. The highest BCUT2D eigenvalue weighted by Gasteiger charge is 2.39. The first-order chi connectivity index (χ1) is 11.3. The fraction of sp³-hybridized carbons (Fsp3) is 0.278. The van der Waals surface area contributed by atoms with Crippen molar-refractivity contribution in [2.45, 2.75) is 18.5 Å². The Hall–Kier alpha value is -2.37. The summed E-state index contributed by atoms with van der Waals surface area (Å²) in [5.74, 6) is 1.71. The lowest BCUT2D eigenvalue weighted by atomic mass is 9.91. The minimum atomic E-state index is -0.0996. The maximum Gasteiger partial charge on any atom is 0.167 e. The number of hydrogen-bond donors (Lipinski definition) is 1. The molecule has 1 saturated heterocycles. The lowest BCUT2D eigenvalue weighted by Crippen LogP contribution is -2.61. The van der Waals surface area contributed by atoms with Crippen LogP contribution in [0.3, 0.4) is 0 Å². The summed E-state index contributed by atoms with van der Waals surface area (Å²) in [4.78, 5) is 0. The van der Waals surface area contributed by atoms with E-state index in [-0.39, 0.29) is 5.54 Å². The maximum absolute atomic E-state index is 5.48. The first-order valence-electron chi connectivity index (χ1n) is 7.69. The van der Waals surface area contributed by atoms with E-state index in [1.54, 1.807) is 6.26 Å². The molecule has 0 unspecified atom stereocenters. The molecule has 1 fully saturated rings. The van der Waals surface area contributed by atoms with Crippen molar-refractivity contribution in [2.75, 3.05) is 13.2 Å². The summed E-state index contributed by atoms with van der Waals surface area (Å²) >= 11 is 0. The molecular formula is C18H18N2O3. The van der Waals surface area contributed by atoms with Crippen LogP contribution in [0.4, 0.5) is 0 Å². The second-order valence-electron chi connectivity index (χ2n) is 5.93. The third-order valence-electron chi connectivity index (χ3n) is 4.11. The van der Waals surface area contributed by atoms with Crippen LogP contribution >= 0.6 is 0 Å². The Kier molecular flexibility index (Phi) is 3.73. The van der Waals surface area contributed by atoms with Gasteiger partial charge in [-0.1, -0.05) is 35.5 Å². The number of benzene rings is 1. The molecule has 0 spiro atoms. The number of ether oxygens (including phenoxy) is 1. The van der Waals surface area contributed by atoms with Crippen molar-refractivity contribution >= 4 is 0 Å².